The average Bonchev–Trinajstić information content (AvgIpc) is 3.15. The van der Waals surface area contributed by atoms with Crippen LogP contribution < -0.4 is 30.5 Å². The molecule has 6 rings (SSSR count). The first-order valence-corrected chi connectivity index (χ1v) is 17.2. The lowest BCUT2D eigenvalue weighted by atomic mass is 10.1. The topological polar surface area (TPSA) is 158 Å². The third-order valence-electron chi connectivity index (χ3n) is 8.00. The first kappa shape index (κ1) is 37.1. The largest absolute Gasteiger partial charge is 0.487 e. The van der Waals surface area contributed by atoms with Crippen molar-refractivity contribution in [2.24, 2.45) is 5.84 Å². The number of nitrogens with one attached hydrogen (secondary N) is 1. The second-order valence-corrected chi connectivity index (χ2v) is 12.9. The number of aromatic nitrogens is 4. The number of esters is 1. The Morgan fingerprint density at radius 2 is 1.06 bits per heavy atom. The van der Waals surface area contributed by atoms with Crippen LogP contribution in [0.3, 0.4) is 0 Å². The van der Waals surface area contributed by atoms with Crippen LogP contribution in [0.2, 0.25) is 20.1 Å². The SMILES string of the molecule is COC(=O)c1ccc(N2CCC(Oc3c(Cl)cccc3Cl)CC2)nn1.NNC(=O)c1ccc(N2CCC(Oc3c(Cl)cccc3Cl)CC2)nn1. The minimum atomic E-state index is -0.497. The van der Waals surface area contributed by atoms with Gasteiger partial charge in [0.05, 0.1) is 27.2 Å². The number of nitrogen functional groups attached to an aromatic ring is 1. The van der Waals surface area contributed by atoms with E-state index in [9.17, 15) is 9.59 Å². The highest BCUT2D eigenvalue weighted by Gasteiger charge is 2.25. The van der Waals surface area contributed by atoms with E-state index in [4.69, 9.17) is 61.7 Å². The van der Waals surface area contributed by atoms with Gasteiger partial charge in [0.1, 0.15) is 12.2 Å². The van der Waals surface area contributed by atoms with Crippen LogP contribution in [0.15, 0.2) is 60.7 Å². The Labute approximate surface area is 308 Å². The number of carbonyl (C=O) groups excluding carboxylic acids is 2. The monoisotopic (exact) mass is 762 g/mol. The number of ether oxygens (including phenoxy) is 3. The molecular formula is C33H34Cl4N8O5. The molecule has 0 spiro atoms. The summed E-state index contributed by atoms with van der Waals surface area (Å²) in [6.07, 6.45) is 3.28. The van der Waals surface area contributed by atoms with Crippen molar-refractivity contribution in [1.82, 2.24) is 25.8 Å². The van der Waals surface area contributed by atoms with E-state index in [0.29, 0.717) is 37.4 Å². The van der Waals surface area contributed by atoms with Gasteiger partial charge in [0.15, 0.2) is 34.5 Å². The van der Waals surface area contributed by atoms with E-state index in [-0.39, 0.29) is 23.6 Å². The number of hydrogen-bond donors (Lipinski definition) is 2. The van der Waals surface area contributed by atoms with E-state index >= 15 is 0 Å². The number of anilines is 2. The van der Waals surface area contributed by atoms with Gasteiger partial charge in [-0.05, 0) is 48.5 Å². The normalized spacial score (nSPS) is 15.1. The summed E-state index contributed by atoms with van der Waals surface area (Å²) in [5, 5.41) is 18.0. The van der Waals surface area contributed by atoms with Crippen LogP contribution in [0, 0.1) is 0 Å². The zero-order valence-corrected chi connectivity index (χ0v) is 29.9. The molecule has 50 heavy (non-hydrogen) atoms. The molecule has 2 saturated heterocycles. The predicted octanol–water partition coefficient (Wildman–Crippen LogP) is 6.05. The molecular weight excluding hydrogens is 730 g/mol. The van der Waals surface area contributed by atoms with Gasteiger partial charge < -0.3 is 24.0 Å². The van der Waals surface area contributed by atoms with Gasteiger partial charge in [-0.1, -0.05) is 58.5 Å². The molecule has 2 aromatic carbocycles. The van der Waals surface area contributed by atoms with Gasteiger partial charge in [0.2, 0.25) is 0 Å². The van der Waals surface area contributed by atoms with Crippen molar-refractivity contribution in [3.63, 3.8) is 0 Å². The third-order valence-corrected chi connectivity index (χ3v) is 9.19. The summed E-state index contributed by atoms with van der Waals surface area (Å²) in [6, 6.07) is 17.3. The first-order chi connectivity index (χ1) is 24.2. The summed E-state index contributed by atoms with van der Waals surface area (Å²) in [6.45, 7) is 3.03. The summed E-state index contributed by atoms with van der Waals surface area (Å²) < 4.78 is 16.6. The smallest absolute Gasteiger partial charge is 0.358 e. The van der Waals surface area contributed by atoms with Crippen molar-refractivity contribution in [3.8, 4) is 11.5 Å². The molecule has 0 unspecified atom stereocenters. The van der Waals surface area contributed by atoms with E-state index in [2.05, 4.69) is 34.9 Å². The molecule has 1 amide bonds. The summed E-state index contributed by atoms with van der Waals surface area (Å²) in [4.78, 5) is 27.0. The van der Waals surface area contributed by atoms with E-state index < -0.39 is 11.9 Å². The summed E-state index contributed by atoms with van der Waals surface area (Å²) in [5.41, 5.74) is 2.40. The Morgan fingerprint density at radius 3 is 1.40 bits per heavy atom. The minimum absolute atomic E-state index is 0.0314. The number of piperidine rings is 2. The second-order valence-electron chi connectivity index (χ2n) is 11.2. The number of carbonyl (C=O) groups is 2. The Hall–Kier alpha value is -4.14. The van der Waals surface area contributed by atoms with Crippen LogP contribution in [0.1, 0.15) is 46.7 Å². The maximum Gasteiger partial charge on any atom is 0.358 e. The molecule has 2 aliphatic heterocycles. The number of amides is 1. The number of hydrazine groups is 1. The molecule has 2 fully saturated rings. The van der Waals surface area contributed by atoms with Crippen molar-refractivity contribution < 1.29 is 23.8 Å². The number of hydrogen-bond acceptors (Lipinski definition) is 12. The molecule has 0 atom stereocenters. The van der Waals surface area contributed by atoms with Gasteiger partial charge in [-0.15, -0.1) is 20.4 Å². The fourth-order valence-electron chi connectivity index (χ4n) is 5.33. The quantitative estimate of drug-likeness (QED) is 0.0928. The Morgan fingerprint density at radius 1 is 0.660 bits per heavy atom. The van der Waals surface area contributed by atoms with Crippen LogP contribution in [-0.2, 0) is 4.74 Å². The number of halogens is 4. The Bertz CT molecular complexity index is 1590. The molecule has 0 aliphatic carbocycles. The highest BCUT2D eigenvalue weighted by Crippen LogP contribution is 2.36. The Balaban J connectivity index is 0.000000194. The zero-order valence-electron chi connectivity index (χ0n) is 26.9. The van der Waals surface area contributed by atoms with Crippen LogP contribution in [-0.4, -0.2) is 77.8 Å². The van der Waals surface area contributed by atoms with E-state index in [0.717, 1.165) is 57.7 Å². The number of benzene rings is 2. The van der Waals surface area contributed by atoms with Crippen molar-refractivity contribution >= 4 is 69.9 Å². The van der Waals surface area contributed by atoms with Crippen molar-refractivity contribution in [1.29, 1.82) is 0 Å². The summed E-state index contributed by atoms with van der Waals surface area (Å²) >= 11 is 24.6. The number of para-hydroxylation sites is 2. The lowest BCUT2D eigenvalue weighted by molar-refractivity contribution is 0.0592. The number of rotatable bonds is 8. The number of methoxy groups -OCH3 is 1. The third kappa shape index (κ3) is 9.55. The molecule has 0 bridgehead atoms. The van der Waals surface area contributed by atoms with E-state index in [1.165, 1.54) is 7.11 Å². The van der Waals surface area contributed by atoms with Crippen molar-refractivity contribution in [2.45, 2.75) is 37.9 Å². The average molecular weight is 764 g/mol. The molecule has 0 radical (unpaired) electrons. The van der Waals surface area contributed by atoms with E-state index in [1.54, 1.807) is 60.7 Å². The van der Waals surface area contributed by atoms with Crippen molar-refractivity contribution in [3.05, 3.63) is 92.1 Å². The summed E-state index contributed by atoms with van der Waals surface area (Å²) in [5.74, 6) is 6.60. The molecule has 0 saturated carbocycles. The molecule has 264 valence electrons. The highest BCUT2D eigenvalue weighted by atomic mass is 35.5. The van der Waals surface area contributed by atoms with Gasteiger partial charge in [-0.2, -0.15) is 0 Å². The summed E-state index contributed by atoms with van der Waals surface area (Å²) in [7, 11) is 1.31. The van der Waals surface area contributed by atoms with Crippen molar-refractivity contribution in [2.75, 3.05) is 43.1 Å². The predicted molar refractivity (Wildman–Crippen MR) is 192 cm³/mol. The molecule has 17 heteroatoms. The Kier molecular flexibility index (Phi) is 13.1. The van der Waals surface area contributed by atoms with Gasteiger partial charge in [0, 0.05) is 51.9 Å². The van der Waals surface area contributed by atoms with Crippen LogP contribution in [0.25, 0.3) is 0 Å². The lowest BCUT2D eigenvalue weighted by Gasteiger charge is -2.33. The fraction of sp³-hybridized carbons (Fsp3) is 0.333. The number of nitrogens with zero attached hydrogens (tertiary/aromatic N) is 6. The highest BCUT2D eigenvalue weighted by molar-refractivity contribution is 6.37. The van der Waals surface area contributed by atoms with Gasteiger partial charge in [0.25, 0.3) is 5.91 Å². The van der Waals surface area contributed by atoms with Gasteiger partial charge >= 0.3 is 5.97 Å². The van der Waals surface area contributed by atoms with E-state index in [1.807, 2.05) is 5.43 Å². The molecule has 2 aromatic heterocycles. The van der Waals surface area contributed by atoms with Crippen LogP contribution in [0.4, 0.5) is 11.6 Å². The maximum absolute atomic E-state index is 11.4. The molecule has 4 aromatic rings. The molecule has 3 N–H and O–H groups in total. The first-order valence-electron chi connectivity index (χ1n) is 15.6. The van der Waals surface area contributed by atoms with Gasteiger partial charge in [-0.25, -0.2) is 10.6 Å². The zero-order chi connectivity index (χ0) is 35.6. The number of nitrogens with two attached hydrogens (primary N) is 1. The van der Waals surface area contributed by atoms with Crippen LogP contribution in [0.5, 0.6) is 11.5 Å². The lowest BCUT2D eigenvalue weighted by Crippen LogP contribution is -2.39. The minimum Gasteiger partial charge on any atom is -0.487 e. The molecule has 4 heterocycles. The van der Waals surface area contributed by atoms with Gasteiger partial charge in [-0.3, -0.25) is 10.2 Å². The standard InChI is InChI=1S/C17H17Cl2N3O3.C16H17Cl2N5O2/c1-24-17(23)14-5-6-15(21-20-14)22-9-7-11(8-10-22)25-16-12(18)3-2-4-13(16)19;17-11-2-1-3-12(18)15(11)25-10-6-8-23(9-7-10)14-5-4-13(21-22-14)16(24)20-19/h2-6,11H,7-10H2,1H3;1-5,10H,6-9,19H2,(H,20,24). The molecule has 13 nitrogen and oxygen atoms in total. The van der Waals surface area contributed by atoms with Crippen LogP contribution >= 0.6 is 46.4 Å². The second kappa shape index (κ2) is 17.7. The maximum atomic E-state index is 11.4. The fourth-order valence-corrected chi connectivity index (χ4v) is 6.30. The molecule has 2 aliphatic rings.